The van der Waals surface area contributed by atoms with Gasteiger partial charge in [0.1, 0.15) is 17.8 Å². The van der Waals surface area contributed by atoms with E-state index in [9.17, 15) is 9.59 Å². The van der Waals surface area contributed by atoms with Crippen LogP contribution in [0.2, 0.25) is 0 Å². The van der Waals surface area contributed by atoms with E-state index in [0.29, 0.717) is 11.6 Å². The zero-order valence-electron chi connectivity index (χ0n) is 16.2. The number of amides is 1. The minimum absolute atomic E-state index is 0.247. The lowest BCUT2D eigenvalue weighted by molar-refractivity contribution is -0.145. The van der Waals surface area contributed by atoms with Crippen LogP contribution in [0, 0.1) is 19.8 Å². The number of rotatable bonds is 7. The van der Waals surface area contributed by atoms with Crippen LogP contribution in [0.25, 0.3) is 11.4 Å². The Kier molecular flexibility index (Phi) is 5.11. The van der Waals surface area contributed by atoms with Crippen LogP contribution in [0.1, 0.15) is 44.3 Å². The zero-order valence-corrected chi connectivity index (χ0v) is 16.2. The summed E-state index contributed by atoms with van der Waals surface area (Å²) in [5.41, 5.74) is 6.76. The molecule has 3 heterocycles. The first-order valence-electron chi connectivity index (χ1n) is 9.00. The van der Waals surface area contributed by atoms with Gasteiger partial charge in [-0.25, -0.2) is 10.4 Å². The molecule has 0 spiro atoms. The summed E-state index contributed by atoms with van der Waals surface area (Å²) in [6.07, 6.45) is 0.527. The largest absolute Gasteiger partial charge is 0.466 e. The van der Waals surface area contributed by atoms with Crippen molar-refractivity contribution in [1.29, 1.82) is 0 Å². The molecule has 0 bridgehead atoms. The molecule has 0 aromatic carbocycles. The number of nitrogens with zero attached hydrogens (tertiary/aromatic N) is 5. The highest BCUT2D eigenvalue weighted by Gasteiger charge is 2.35. The lowest BCUT2D eigenvalue weighted by Gasteiger charge is -2.11. The SMILES string of the molecule is CCOC(=O)CC(=O)NN1c2cc(-c3nc(CC(C)C)c(C)nc3C)nn21. The predicted molar refractivity (Wildman–Crippen MR) is 98.5 cm³/mol. The molecule has 144 valence electrons. The molecule has 3 rings (SSSR count). The van der Waals surface area contributed by atoms with Gasteiger partial charge in [-0.3, -0.25) is 14.6 Å². The number of aromatic nitrogens is 4. The summed E-state index contributed by atoms with van der Waals surface area (Å²) in [4.78, 5) is 34.1. The van der Waals surface area contributed by atoms with Gasteiger partial charge in [-0.2, -0.15) is 0 Å². The Morgan fingerprint density at radius 2 is 1.96 bits per heavy atom. The van der Waals surface area contributed by atoms with Gasteiger partial charge in [-0.15, -0.1) is 15.0 Å². The summed E-state index contributed by atoms with van der Waals surface area (Å²) in [6.45, 7) is 10.1. The number of fused-ring (bicyclic) bond motifs is 1. The fourth-order valence-corrected chi connectivity index (χ4v) is 2.83. The Bertz CT molecular complexity index is 868. The van der Waals surface area contributed by atoms with Gasteiger partial charge >= 0.3 is 5.97 Å². The van der Waals surface area contributed by atoms with E-state index >= 15 is 0 Å². The molecule has 0 unspecified atom stereocenters. The van der Waals surface area contributed by atoms with Crippen LogP contribution in [0.4, 0.5) is 5.82 Å². The second kappa shape index (κ2) is 7.34. The number of aryl methyl sites for hydroxylation is 2. The van der Waals surface area contributed by atoms with Gasteiger partial charge in [0.15, 0.2) is 5.82 Å². The van der Waals surface area contributed by atoms with Crippen molar-refractivity contribution in [3.63, 3.8) is 0 Å². The highest BCUT2D eigenvalue weighted by Crippen LogP contribution is 2.33. The second-order valence-corrected chi connectivity index (χ2v) is 6.89. The number of carbonyl (C=O) groups is 2. The van der Waals surface area contributed by atoms with E-state index in [1.54, 1.807) is 11.7 Å². The Balaban J connectivity index is 1.69. The van der Waals surface area contributed by atoms with E-state index < -0.39 is 11.9 Å². The van der Waals surface area contributed by atoms with Gasteiger partial charge in [-0.05, 0) is 33.1 Å². The fourth-order valence-electron chi connectivity index (χ4n) is 2.83. The summed E-state index contributed by atoms with van der Waals surface area (Å²) in [5.74, 6) is 0.193. The Morgan fingerprint density at radius 1 is 1.22 bits per heavy atom. The molecule has 1 aliphatic heterocycles. The Morgan fingerprint density at radius 3 is 2.56 bits per heavy atom. The summed E-state index contributed by atoms with van der Waals surface area (Å²) >= 11 is 0. The number of hydrazine groups is 1. The quantitative estimate of drug-likeness (QED) is 0.448. The van der Waals surface area contributed by atoms with Crippen LogP contribution >= 0.6 is 0 Å². The lowest BCUT2D eigenvalue weighted by atomic mass is 10.1. The van der Waals surface area contributed by atoms with Gasteiger partial charge in [0.25, 0.3) is 5.91 Å². The second-order valence-electron chi connectivity index (χ2n) is 6.89. The Hall–Kier alpha value is -2.97. The van der Waals surface area contributed by atoms with Crippen molar-refractivity contribution in [1.82, 2.24) is 25.3 Å². The summed E-state index contributed by atoms with van der Waals surface area (Å²) in [7, 11) is 0. The third-order valence-corrected chi connectivity index (χ3v) is 4.07. The molecule has 27 heavy (non-hydrogen) atoms. The first-order chi connectivity index (χ1) is 12.8. The van der Waals surface area contributed by atoms with Crippen LogP contribution in [0.3, 0.4) is 0 Å². The first kappa shape index (κ1) is 18.8. The van der Waals surface area contributed by atoms with E-state index in [0.717, 1.165) is 35.0 Å². The van der Waals surface area contributed by atoms with Gasteiger partial charge < -0.3 is 4.74 Å². The number of esters is 1. The molecule has 0 saturated carbocycles. The number of nitrogens with one attached hydrogen (secondary N) is 1. The summed E-state index contributed by atoms with van der Waals surface area (Å²) in [5, 5.41) is 5.91. The van der Waals surface area contributed by atoms with Gasteiger partial charge in [0, 0.05) is 6.07 Å². The molecule has 9 nitrogen and oxygen atoms in total. The smallest absolute Gasteiger partial charge is 0.315 e. The minimum Gasteiger partial charge on any atom is -0.466 e. The van der Waals surface area contributed by atoms with Crippen LogP contribution in [-0.2, 0) is 20.7 Å². The minimum atomic E-state index is -0.557. The monoisotopic (exact) mass is 372 g/mol. The molecule has 0 fully saturated rings. The maximum atomic E-state index is 11.8. The van der Waals surface area contributed by atoms with E-state index in [1.807, 2.05) is 19.9 Å². The summed E-state index contributed by atoms with van der Waals surface area (Å²) in [6, 6.07) is 1.83. The molecule has 1 aliphatic rings. The van der Waals surface area contributed by atoms with Gasteiger partial charge in [0.05, 0.1) is 23.7 Å². The molecule has 2 aromatic rings. The standard InChI is InChI=1S/C18H24N6O3/c1-6-27-17(26)9-15(25)22-24-16-8-14(21-23(16)24)18-12(5)19-11(4)13(20-18)7-10(2)3/h8,10H,6-7,9H2,1-5H3,(H,22,25). The molecule has 9 heteroatoms. The number of ether oxygens (including phenoxy) is 1. The van der Waals surface area contributed by atoms with E-state index in [2.05, 4.69) is 29.4 Å². The van der Waals surface area contributed by atoms with Crippen LogP contribution < -0.4 is 10.5 Å². The highest BCUT2D eigenvalue weighted by atomic mass is 16.5. The van der Waals surface area contributed by atoms with Crippen LogP contribution in [-0.4, -0.2) is 38.3 Å². The van der Waals surface area contributed by atoms with E-state index in [-0.39, 0.29) is 13.0 Å². The molecule has 0 atom stereocenters. The van der Waals surface area contributed by atoms with Crippen molar-refractivity contribution in [3.8, 4) is 11.4 Å². The molecule has 1 N–H and O–H groups in total. The number of hydrogen-bond donors (Lipinski definition) is 1. The maximum absolute atomic E-state index is 11.8. The normalized spacial score (nSPS) is 12.1. The Labute approximate surface area is 157 Å². The van der Waals surface area contributed by atoms with E-state index in [4.69, 9.17) is 9.72 Å². The third-order valence-electron chi connectivity index (χ3n) is 4.07. The van der Waals surface area contributed by atoms with Gasteiger partial charge in [-0.1, -0.05) is 13.8 Å². The van der Waals surface area contributed by atoms with Crippen molar-refractivity contribution in [3.05, 3.63) is 23.1 Å². The third kappa shape index (κ3) is 4.07. The first-order valence-corrected chi connectivity index (χ1v) is 9.00. The summed E-state index contributed by atoms with van der Waals surface area (Å²) < 4.78 is 4.76. The van der Waals surface area contributed by atoms with Crippen molar-refractivity contribution in [2.75, 3.05) is 11.7 Å². The maximum Gasteiger partial charge on any atom is 0.315 e. The number of anilines is 1. The van der Waals surface area contributed by atoms with Crippen molar-refractivity contribution in [2.45, 2.75) is 47.5 Å². The molecular formula is C18H24N6O3. The molecule has 0 aliphatic carbocycles. The van der Waals surface area contributed by atoms with Crippen molar-refractivity contribution >= 4 is 17.7 Å². The average molecular weight is 372 g/mol. The molecular weight excluding hydrogens is 348 g/mol. The molecule has 0 radical (unpaired) electrons. The van der Waals surface area contributed by atoms with Crippen LogP contribution in [0.15, 0.2) is 6.07 Å². The lowest BCUT2D eigenvalue weighted by Crippen LogP contribution is -2.36. The van der Waals surface area contributed by atoms with Crippen LogP contribution in [0.5, 0.6) is 0 Å². The molecule has 1 amide bonds. The zero-order chi connectivity index (χ0) is 19.7. The average Bonchev–Trinajstić information content (AvgIpc) is 3.01. The molecule has 0 saturated heterocycles. The highest BCUT2D eigenvalue weighted by molar-refractivity contribution is 5.95. The van der Waals surface area contributed by atoms with Crippen molar-refractivity contribution in [2.24, 2.45) is 5.92 Å². The van der Waals surface area contributed by atoms with Crippen molar-refractivity contribution < 1.29 is 14.3 Å². The topological polar surface area (TPSA) is 102 Å². The fraction of sp³-hybridized carbons (Fsp3) is 0.500. The number of hydrogen-bond acceptors (Lipinski definition) is 7. The number of carbonyl (C=O) groups excluding carboxylic acids is 2. The van der Waals surface area contributed by atoms with E-state index in [1.165, 1.54) is 5.12 Å². The van der Waals surface area contributed by atoms with Gasteiger partial charge in [0.2, 0.25) is 0 Å². The predicted octanol–water partition coefficient (Wildman–Crippen LogP) is 1.72. The molecule has 2 aromatic heterocycles.